The van der Waals surface area contributed by atoms with E-state index in [0.717, 1.165) is 0 Å². The Morgan fingerprint density at radius 1 is 1.27 bits per heavy atom. The van der Waals surface area contributed by atoms with Gasteiger partial charge in [0.05, 0.1) is 5.69 Å². The van der Waals surface area contributed by atoms with Crippen molar-refractivity contribution in [3.8, 4) is 11.4 Å². The maximum absolute atomic E-state index is 10.8. The zero-order valence-electron chi connectivity index (χ0n) is 5.57. The number of rotatable bonds is 0. The molecule has 2 aliphatic heterocycles. The monoisotopic (exact) mass is 174 g/mol. The largest absolute Gasteiger partial charge is 0.320 e. The second-order valence-electron chi connectivity index (χ2n) is 1.92. The molecule has 0 saturated carbocycles. The normalized spacial score (nSPS) is 9.82. The Morgan fingerprint density at radius 2 is 2.00 bits per heavy atom. The van der Waals surface area contributed by atoms with Crippen molar-refractivity contribution >= 4 is 37.7 Å². The molecule has 50 valence electrons. The zero-order chi connectivity index (χ0) is 7.14. The third-order valence-corrected chi connectivity index (χ3v) is 1.31. The molecule has 2 rings (SSSR count). The van der Waals surface area contributed by atoms with Crippen molar-refractivity contribution in [1.29, 1.82) is 0 Å². The molecule has 0 N–H and O–H groups in total. The van der Waals surface area contributed by atoms with Gasteiger partial charge in [-0.15, -0.1) is 0 Å². The molecule has 0 saturated heterocycles. The summed E-state index contributed by atoms with van der Waals surface area (Å²) in [7, 11) is 0. The standard InChI is InChI=1S/C6H2N2O2.Ca/c9-5-4-3(1-2-7-4)8-6(5)10;/h1-2H;. The molecule has 0 bridgehead atoms. The molecule has 5 heteroatoms. The van der Waals surface area contributed by atoms with Crippen LogP contribution in [0.2, 0.25) is 0 Å². The Bertz CT molecular complexity index is 419. The zero-order valence-corrected chi connectivity index (χ0v) is 7.78. The molecule has 2 aliphatic rings. The second kappa shape index (κ2) is 2.97. The van der Waals surface area contributed by atoms with E-state index >= 15 is 0 Å². The summed E-state index contributed by atoms with van der Waals surface area (Å²) in [6, 6.07) is 1.54. The summed E-state index contributed by atoms with van der Waals surface area (Å²) in [6.07, 6.45) is 1.46. The smallest absolute Gasteiger partial charge is 0.281 e. The fourth-order valence-electron chi connectivity index (χ4n) is 0.854. The first kappa shape index (κ1) is 8.77. The van der Waals surface area contributed by atoms with Crippen molar-refractivity contribution in [3.05, 3.63) is 32.8 Å². The minimum absolute atomic E-state index is 0. The van der Waals surface area contributed by atoms with Gasteiger partial charge in [0.15, 0.2) is 0 Å². The molecular weight excluding hydrogens is 172 g/mol. The molecule has 0 aromatic rings. The van der Waals surface area contributed by atoms with Gasteiger partial charge in [0.1, 0.15) is 5.69 Å². The van der Waals surface area contributed by atoms with Crippen LogP contribution in [0.5, 0.6) is 0 Å². The first-order valence-electron chi connectivity index (χ1n) is 2.71. The van der Waals surface area contributed by atoms with Crippen LogP contribution in [0.25, 0.3) is 11.4 Å². The summed E-state index contributed by atoms with van der Waals surface area (Å²) in [5.41, 5.74) is -0.724. The van der Waals surface area contributed by atoms with Gasteiger partial charge in [0.2, 0.25) is 0 Å². The van der Waals surface area contributed by atoms with Gasteiger partial charge in [-0.2, -0.15) is 0 Å². The van der Waals surface area contributed by atoms with E-state index in [2.05, 4.69) is 9.97 Å². The van der Waals surface area contributed by atoms with Crippen molar-refractivity contribution in [3.63, 3.8) is 0 Å². The van der Waals surface area contributed by atoms with Crippen LogP contribution in [0.1, 0.15) is 0 Å². The van der Waals surface area contributed by atoms with Crippen molar-refractivity contribution in [2.75, 3.05) is 0 Å². The molecule has 0 spiro atoms. The first-order chi connectivity index (χ1) is 4.79. The number of nitrogens with zero attached hydrogens (tertiary/aromatic N) is 2. The Labute approximate surface area is 91.3 Å². The maximum Gasteiger partial charge on any atom is 0.320 e. The van der Waals surface area contributed by atoms with Crippen LogP contribution in [0.15, 0.2) is 21.9 Å². The summed E-state index contributed by atoms with van der Waals surface area (Å²) < 4.78 is 0. The Kier molecular flexibility index (Phi) is 2.37. The Balaban J connectivity index is 0.000000605. The molecule has 2 radical (unpaired) electrons. The van der Waals surface area contributed by atoms with Gasteiger partial charge < -0.3 is 0 Å². The summed E-state index contributed by atoms with van der Waals surface area (Å²) in [4.78, 5) is 28.4. The number of hydrogen-bond acceptors (Lipinski definition) is 4. The van der Waals surface area contributed by atoms with Gasteiger partial charge in [-0.1, -0.05) is 0 Å². The van der Waals surface area contributed by atoms with Crippen molar-refractivity contribution in [1.82, 2.24) is 9.97 Å². The number of fused-ring (bicyclic) bond motifs is 1. The average Bonchev–Trinajstić information content (AvgIpc) is 2.41. The van der Waals surface area contributed by atoms with Gasteiger partial charge in [0.25, 0.3) is 5.43 Å². The molecule has 0 fully saturated rings. The van der Waals surface area contributed by atoms with Gasteiger partial charge >= 0.3 is 5.56 Å². The molecule has 0 amide bonds. The molecule has 2 heterocycles. The van der Waals surface area contributed by atoms with Crippen molar-refractivity contribution in [2.24, 2.45) is 0 Å². The Morgan fingerprint density at radius 3 is 2.64 bits per heavy atom. The van der Waals surface area contributed by atoms with Crippen LogP contribution in [0, 0.1) is 0 Å². The molecule has 0 atom stereocenters. The van der Waals surface area contributed by atoms with E-state index in [-0.39, 0.29) is 43.4 Å². The molecule has 0 aromatic carbocycles. The van der Waals surface area contributed by atoms with Crippen LogP contribution < -0.4 is 11.0 Å². The van der Waals surface area contributed by atoms with Gasteiger partial charge in [0, 0.05) is 43.9 Å². The minimum Gasteiger partial charge on any atom is -0.281 e. The average molecular weight is 174 g/mol. The van der Waals surface area contributed by atoms with E-state index in [1.54, 1.807) is 0 Å². The SMILES string of the molecule is O=c1nc2ccnc-2c1=O.[Ca]. The third kappa shape index (κ3) is 1.21. The molecule has 4 nitrogen and oxygen atoms in total. The van der Waals surface area contributed by atoms with Gasteiger partial charge in [-0.25, -0.2) is 4.98 Å². The number of aromatic nitrogens is 2. The predicted octanol–water partition coefficient (Wildman–Crippen LogP) is -1.20. The van der Waals surface area contributed by atoms with E-state index < -0.39 is 11.0 Å². The second-order valence-corrected chi connectivity index (χ2v) is 1.92. The van der Waals surface area contributed by atoms with E-state index in [4.69, 9.17) is 0 Å². The van der Waals surface area contributed by atoms with E-state index in [1.165, 1.54) is 12.3 Å². The molecule has 11 heavy (non-hydrogen) atoms. The van der Waals surface area contributed by atoms with E-state index in [0.29, 0.717) is 5.69 Å². The Hall–Kier alpha value is -0.320. The van der Waals surface area contributed by atoms with Crippen LogP contribution in [0.3, 0.4) is 0 Å². The van der Waals surface area contributed by atoms with Crippen LogP contribution >= 0.6 is 0 Å². The molecule has 0 aromatic heterocycles. The summed E-state index contributed by atoms with van der Waals surface area (Å²) in [5, 5.41) is 0. The quantitative estimate of drug-likeness (QED) is 0.371. The minimum atomic E-state index is -0.710. The van der Waals surface area contributed by atoms with Crippen molar-refractivity contribution in [2.45, 2.75) is 0 Å². The van der Waals surface area contributed by atoms with Gasteiger partial charge in [-0.3, -0.25) is 14.6 Å². The topological polar surface area (TPSA) is 59.9 Å². The number of hydrogen-bond donors (Lipinski definition) is 0. The summed E-state index contributed by atoms with van der Waals surface area (Å²) in [6.45, 7) is 0. The molecule has 0 unspecified atom stereocenters. The predicted molar refractivity (Wildman–Crippen MR) is 39.3 cm³/mol. The summed E-state index contributed by atoms with van der Waals surface area (Å²) >= 11 is 0. The van der Waals surface area contributed by atoms with Crippen molar-refractivity contribution < 1.29 is 0 Å². The fraction of sp³-hybridized carbons (Fsp3) is 0. The fourth-order valence-corrected chi connectivity index (χ4v) is 0.854. The summed E-state index contributed by atoms with van der Waals surface area (Å²) in [5.74, 6) is 0. The van der Waals surface area contributed by atoms with Crippen LogP contribution in [0.4, 0.5) is 0 Å². The molecular formula is C6H2CaN2O2. The van der Waals surface area contributed by atoms with Crippen LogP contribution in [-0.2, 0) is 0 Å². The first-order valence-corrected chi connectivity index (χ1v) is 2.71. The van der Waals surface area contributed by atoms with E-state index in [9.17, 15) is 9.59 Å². The van der Waals surface area contributed by atoms with E-state index in [1.807, 2.05) is 0 Å². The molecule has 0 aliphatic carbocycles. The third-order valence-electron chi connectivity index (χ3n) is 1.31. The maximum atomic E-state index is 10.8. The van der Waals surface area contributed by atoms with Crippen LogP contribution in [-0.4, -0.2) is 47.7 Å². The van der Waals surface area contributed by atoms with Gasteiger partial charge in [-0.05, 0) is 6.07 Å².